The predicted octanol–water partition coefficient (Wildman–Crippen LogP) is 3.52. The molecule has 25 heavy (non-hydrogen) atoms. The van der Waals surface area contributed by atoms with Crippen molar-refractivity contribution < 1.29 is 9.13 Å². The molecule has 0 radical (unpaired) electrons. The van der Waals surface area contributed by atoms with Gasteiger partial charge in [-0.25, -0.2) is 14.9 Å². The molecule has 0 aliphatic rings. The first-order valence-corrected chi connectivity index (χ1v) is 7.97. The number of benzene rings is 2. The molecule has 6 heteroatoms. The van der Waals surface area contributed by atoms with Crippen LogP contribution in [0.4, 0.5) is 10.1 Å². The normalized spacial score (nSPS) is 10.8. The summed E-state index contributed by atoms with van der Waals surface area (Å²) in [5.41, 5.74) is 4.25. The van der Waals surface area contributed by atoms with Crippen LogP contribution in [0.25, 0.3) is 5.69 Å². The maximum atomic E-state index is 13.7. The van der Waals surface area contributed by atoms with Crippen molar-refractivity contribution in [3.63, 3.8) is 0 Å². The average molecular weight is 340 g/mol. The summed E-state index contributed by atoms with van der Waals surface area (Å²) in [5, 5.41) is 5.92. The molecule has 0 saturated heterocycles. The van der Waals surface area contributed by atoms with Crippen molar-refractivity contribution in [3.05, 3.63) is 71.2 Å². The van der Waals surface area contributed by atoms with Gasteiger partial charge >= 0.3 is 0 Å². The number of rotatable bonds is 5. The van der Waals surface area contributed by atoms with E-state index >= 15 is 0 Å². The maximum Gasteiger partial charge on any atom is 0.233 e. The summed E-state index contributed by atoms with van der Waals surface area (Å²) in [6.45, 7) is 4.09. The Morgan fingerprint density at radius 2 is 1.96 bits per heavy atom. The third kappa shape index (κ3) is 3.64. The zero-order chi connectivity index (χ0) is 18.0. The Hall–Kier alpha value is -2.86. The van der Waals surface area contributed by atoms with Gasteiger partial charge in [0.2, 0.25) is 5.88 Å². The van der Waals surface area contributed by atoms with E-state index in [1.54, 1.807) is 42.0 Å². The highest BCUT2D eigenvalue weighted by atomic mass is 19.1. The first-order chi connectivity index (χ1) is 12.0. The van der Waals surface area contributed by atoms with Crippen LogP contribution in [0.3, 0.4) is 0 Å². The fourth-order valence-electron chi connectivity index (χ4n) is 2.60. The molecule has 2 N–H and O–H groups in total. The van der Waals surface area contributed by atoms with Gasteiger partial charge in [0.25, 0.3) is 0 Å². The fraction of sp³-hybridized carbons (Fsp3) is 0.211. The van der Waals surface area contributed by atoms with Crippen LogP contribution < -0.4 is 15.6 Å². The number of aromatic nitrogens is 2. The van der Waals surface area contributed by atoms with Crippen LogP contribution in [0.2, 0.25) is 0 Å². The summed E-state index contributed by atoms with van der Waals surface area (Å²) in [6, 6.07) is 12.7. The van der Waals surface area contributed by atoms with Crippen LogP contribution in [0.1, 0.15) is 16.7 Å². The van der Waals surface area contributed by atoms with Gasteiger partial charge in [-0.15, -0.1) is 5.10 Å². The summed E-state index contributed by atoms with van der Waals surface area (Å²) < 4.78 is 21.1. The summed E-state index contributed by atoms with van der Waals surface area (Å²) in [6.07, 6.45) is 1.74. The summed E-state index contributed by atoms with van der Waals surface area (Å²) in [4.78, 5) is 0. The lowest BCUT2D eigenvalue weighted by Crippen LogP contribution is -2.26. The molecule has 0 unspecified atom stereocenters. The number of hydrazine groups is 1. The van der Waals surface area contributed by atoms with Crippen LogP contribution in [-0.4, -0.2) is 16.8 Å². The van der Waals surface area contributed by atoms with E-state index in [-0.39, 0.29) is 5.82 Å². The lowest BCUT2D eigenvalue weighted by Gasteiger charge is -2.18. The largest absolute Gasteiger partial charge is 0.472 e. The second-order valence-corrected chi connectivity index (χ2v) is 6.00. The molecule has 0 saturated carbocycles. The second-order valence-electron chi connectivity index (χ2n) is 6.00. The fourth-order valence-corrected chi connectivity index (χ4v) is 2.60. The summed E-state index contributed by atoms with van der Waals surface area (Å²) in [7, 11) is 1.79. The molecule has 0 atom stereocenters. The van der Waals surface area contributed by atoms with Gasteiger partial charge in [-0.3, -0.25) is 0 Å². The molecule has 0 bridgehead atoms. The topological polar surface area (TPSA) is 56.3 Å². The minimum absolute atomic E-state index is 0.258. The van der Waals surface area contributed by atoms with Crippen molar-refractivity contribution in [2.45, 2.75) is 20.5 Å². The molecule has 2 aromatic carbocycles. The van der Waals surface area contributed by atoms with E-state index in [0.717, 1.165) is 16.8 Å². The Kier molecular flexibility index (Phi) is 4.72. The van der Waals surface area contributed by atoms with E-state index in [4.69, 9.17) is 10.6 Å². The minimum atomic E-state index is -0.258. The van der Waals surface area contributed by atoms with E-state index in [2.05, 4.69) is 5.10 Å². The Balaban J connectivity index is 1.78. The molecule has 0 fully saturated rings. The van der Waals surface area contributed by atoms with Gasteiger partial charge in [-0.05, 0) is 43.2 Å². The zero-order valence-electron chi connectivity index (χ0n) is 14.5. The molecule has 0 amide bonds. The van der Waals surface area contributed by atoms with Crippen LogP contribution in [-0.2, 0) is 6.61 Å². The van der Waals surface area contributed by atoms with Gasteiger partial charge in [0.05, 0.1) is 11.4 Å². The number of halogens is 1. The minimum Gasteiger partial charge on any atom is -0.472 e. The first kappa shape index (κ1) is 17.0. The van der Waals surface area contributed by atoms with Crippen molar-refractivity contribution in [3.8, 4) is 11.6 Å². The van der Waals surface area contributed by atoms with E-state index in [9.17, 15) is 4.39 Å². The maximum absolute atomic E-state index is 13.7. The first-order valence-electron chi connectivity index (χ1n) is 7.97. The van der Waals surface area contributed by atoms with Crippen molar-refractivity contribution in [2.75, 3.05) is 12.1 Å². The highest BCUT2D eigenvalue weighted by molar-refractivity contribution is 5.55. The number of aryl methyl sites for hydroxylation is 2. The zero-order valence-corrected chi connectivity index (χ0v) is 14.5. The van der Waals surface area contributed by atoms with Gasteiger partial charge in [0, 0.05) is 24.9 Å². The molecule has 0 aliphatic carbocycles. The standard InChI is InChI=1S/C19H21FN4O/c1-13-5-4-6-18(23(3)21)16(13)12-25-19-9-10-24(22-19)15-8-7-14(2)17(20)11-15/h4-11H,12,21H2,1-3H3. The number of ether oxygens (including phenoxy) is 1. The number of nitrogens with zero attached hydrogens (tertiary/aromatic N) is 3. The van der Waals surface area contributed by atoms with Gasteiger partial charge in [0.1, 0.15) is 12.4 Å². The highest BCUT2D eigenvalue weighted by Gasteiger charge is 2.10. The van der Waals surface area contributed by atoms with Crippen molar-refractivity contribution in [1.82, 2.24) is 9.78 Å². The smallest absolute Gasteiger partial charge is 0.233 e. The average Bonchev–Trinajstić information content (AvgIpc) is 3.05. The number of nitrogens with two attached hydrogens (primary N) is 1. The summed E-state index contributed by atoms with van der Waals surface area (Å²) in [5.74, 6) is 6.09. The van der Waals surface area contributed by atoms with Crippen LogP contribution >= 0.6 is 0 Å². The predicted molar refractivity (Wildman–Crippen MR) is 96.4 cm³/mol. The van der Waals surface area contributed by atoms with Crippen molar-refractivity contribution in [1.29, 1.82) is 0 Å². The highest BCUT2D eigenvalue weighted by Crippen LogP contribution is 2.23. The number of anilines is 1. The molecular weight excluding hydrogens is 319 g/mol. The van der Waals surface area contributed by atoms with Gasteiger partial charge in [-0.1, -0.05) is 18.2 Å². The monoisotopic (exact) mass is 340 g/mol. The molecule has 1 aromatic heterocycles. The van der Waals surface area contributed by atoms with Gasteiger partial charge < -0.3 is 9.75 Å². The molecule has 1 heterocycles. The van der Waals surface area contributed by atoms with E-state index in [1.807, 2.05) is 31.2 Å². The third-order valence-electron chi connectivity index (χ3n) is 4.11. The van der Waals surface area contributed by atoms with E-state index in [0.29, 0.717) is 23.7 Å². The Bertz CT molecular complexity index is 889. The Morgan fingerprint density at radius 1 is 1.16 bits per heavy atom. The van der Waals surface area contributed by atoms with Crippen molar-refractivity contribution in [2.24, 2.45) is 5.84 Å². The Morgan fingerprint density at radius 3 is 2.68 bits per heavy atom. The second kappa shape index (κ2) is 6.94. The van der Waals surface area contributed by atoms with Crippen molar-refractivity contribution >= 4 is 5.69 Å². The molecule has 0 spiro atoms. The lowest BCUT2D eigenvalue weighted by atomic mass is 10.1. The SMILES string of the molecule is Cc1ccc(-n2ccc(OCc3c(C)cccc3N(C)N)n2)cc1F. The van der Waals surface area contributed by atoms with Crippen LogP contribution in [0, 0.1) is 19.7 Å². The van der Waals surface area contributed by atoms with Crippen LogP contribution in [0.5, 0.6) is 5.88 Å². The van der Waals surface area contributed by atoms with Gasteiger partial charge in [-0.2, -0.15) is 0 Å². The molecule has 5 nitrogen and oxygen atoms in total. The van der Waals surface area contributed by atoms with Gasteiger partial charge in [0.15, 0.2) is 0 Å². The summed E-state index contributed by atoms with van der Waals surface area (Å²) >= 11 is 0. The Labute approximate surface area is 146 Å². The number of hydrogen-bond acceptors (Lipinski definition) is 4. The molecule has 0 aliphatic heterocycles. The molecular formula is C19H21FN4O. The van der Waals surface area contributed by atoms with E-state index in [1.165, 1.54) is 6.07 Å². The lowest BCUT2D eigenvalue weighted by molar-refractivity contribution is 0.291. The quantitative estimate of drug-likeness (QED) is 0.570. The molecule has 3 aromatic rings. The number of hydrogen-bond donors (Lipinski definition) is 1. The van der Waals surface area contributed by atoms with Crippen LogP contribution in [0.15, 0.2) is 48.7 Å². The molecule has 3 rings (SSSR count). The third-order valence-corrected chi connectivity index (χ3v) is 4.11. The van der Waals surface area contributed by atoms with E-state index < -0.39 is 0 Å². The molecule has 130 valence electrons.